The summed E-state index contributed by atoms with van der Waals surface area (Å²) >= 11 is 6.04. The second-order valence-corrected chi connectivity index (χ2v) is 4.54. The van der Waals surface area contributed by atoms with Crippen LogP contribution in [0.25, 0.3) is 0 Å². The monoisotopic (exact) mass is 248 g/mol. The van der Waals surface area contributed by atoms with Gasteiger partial charge in [-0.05, 0) is 12.1 Å². The van der Waals surface area contributed by atoms with Crippen LogP contribution in [0, 0.1) is 0 Å². The number of nitrogens with zero attached hydrogens (tertiary/aromatic N) is 3. The second kappa shape index (κ2) is 3.96. The Bertz CT molecular complexity index is 549. The molecule has 2 N–H and O–H groups in total. The van der Waals surface area contributed by atoms with Crippen molar-refractivity contribution in [2.24, 2.45) is 0 Å². The largest absolute Gasteiger partial charge is 0.396 e. The molecule has 0 unspecified atom stereocenters. The Balaban J connectivity index is 1.94. The summed E-state index contributed by atoms with van der Waals surface area (Å²) in [6.07, 6.45) is 3.84. The predicted octanol–water partition coefficient (Wildman–Crippen LogP) is 2.14. The summed E-state index contributed by atoms with van der Waals surface area (Å²) in [6.45, 7) is 2.63. The van der Waals surface area contributed by atoms with Gasteiger partial charge in [0, 0.05) is 25.5 Å². The Hall–Kier alpha value is -1.68. The van der Waals surface area contributed by atoms with E-state index in [1.165, 1.54) is 0 Å². The van der Waals surface area contributed by atoms with Crippen LogP contribution >= 0.6 is 11.6 Å². The van der Waals surface area contributed by atoms with E-state index in [1.54, 1.807) is 0 Å². The molecular formula is C12H13ClN4. The number of rotatable bonds is 1. The van der Waals surface area contributed by atoms with Crippen molar-refractivity contribution in [1.82, 2.24) is 9.55 Å². The highest BCUT2D eigenvalue weighted by atomic mass is 35.5. The van der Waals surface area contributed by atoms with Gasteiger partial charge in [0.05, 0.1) is 22.9 Å². The number of nitrogen functional groups attached to an aromatic ring is 1. The summed E-state index contributed by atoms with van der Waals surface area (Å²) in [5.74, 6) is 1.07. The van der Waals surface area contributed by atoms with E-state index in [1.807, 2.05) is 30.6 Å². The van der Waals surface area contributed by atoms with Gasteiger partial charge in [0.25, 0.3) is 0 Å². The van der Waals surface area contributed by atoms with Gasteiger partial charge in [0.1, 0.15) is 5.82 Å². The molecule has 1 aliphatic rings. The average molecular weight is 249 g/mol. The highest BCUT2D eigenvalue weighted by molar-refractivity contribution is 6.33. The third kappa shape index (κ3) is 1.74. The molecule has 88 valence electrons. The molecule has 2 heterocycles. The van der Waals surface area contributed by atoms with Gasteiger partial charge < -0.3 is 15.2 Å². The van der Waals surface area contributed by atoms with E-state index in [2.05, 4.69) is 14.5 Å². The zero-order valence-electron chi connectivity index (χ0n) is 9.31. The topological polar surface area (TPSA) is 47.1 Å². The maximum Gasteiger partial charge on any atom is 0.128 e. The lowest BCUT2D eigenvalue weighted by Gasteiger charge is -2.30. The van der Waals surface area contributed by atoms with Crippen LogP contribution in [0.4, 0.5) is 11.4 Å². The van der Waals surface area contributed by atoms with Gasteiger partial charge in [0.2, 0.25) is 0 Å². The van der Waals surface area contributed by atoms with Crippen LogP contribution in [0.1, 0.15) is 5.82 Å². The highest BCUT2D eigenvalue weighted by Gasteiger charge is 2.19. The molecule has 0 atom stereocenters. The lowest BCUT2D eigenvalue weighted by Crippen LogP contribution is -2.34. The number of halogens is 1. The SMILES string of the molecule is Nc1c(Cl)cccc1N1CCn2ccnc2C1. The summed E-state index contributed by atoms with van der Waals surface area (Å²) in [5, 5.41) is 0.608. The fraction of sp³-hybridized carbons (Fsp3) is 0.250. The standard InChI is InChI=1S/C12H13ClN4/c13-9-2-1-3-10(12(9)14)17-7-6-16-5-4-15-11(16)8-17/h1-5H,6-8,14H2. The Labute approximate surface area is 105 Å². The number of benzene rings is 1. The molecule has 0 saturated carbocycles. The van der Waals surface area contributed by atoms with Crippen LogP contribution in [-0.2, 0) is 13.1 Å². The van der Waals surface area contributed by atoms with Crippen molar-refractivity contribution in [2.75, 3.05) is 17.2 Å². The van der Waals surface area contributed by atoms with Crippen LogP contribution < -0.4 is 10.6 Å². The molecule has 17 heavy (non-hydrogen) atoms. The number of hydrogen-bond acceptors (Lipinski definition) is 3. The van der Waals surface area contributed by atoms with Gasteiger partial charge in [-0.2, -0.15) is 0 Å². The number of hydrogen-bond donors (Lipinski definition) is 1. The van der Waals surface area contributed by atoms with Crippen LogP contribution in [0.2, 0.25) is 5.02 Å². The third-order valence-electron chi connectivity index (χ3n) is 3.12. The fourth-order valence-corrected chi connectivity index (χ4v) is 2.35. The summed E-state index contributed by atoms with van der Waals surface area (Å²) in [7, 11) is 0. The van der Waals surface area contributed by atoms with Crippen molar-refractivity contribution in [3.63, 3.8) is 0 Å². The second-order valence-electron chi connectivity index (χ2n) is 4.13. The van der Waals surface area contributed by atoms with E-state index in [9.17, 15) is 0 Å². The minimum absolute atomic E-state index is 0.608. The van der Waals surface area contributed by atoms with Gasteiger partial charge in [0.15, 0.2) is 0 Å². The molecule has 4 nitrogen and oxygen atoms in total. The maximum absolute atomic E-state index is 6.04. The first-order chi connectivity index (χ1) is 8.25. The van der Waals surface area contributed by atoms with E-state index in [4.69, 9.17) is 17.3 Å². The van der Waals surface area contributed by atoms with Crippen molar-refractivity contribution < 1.29 is 0 Å². The molecule has 0 radical (unpaired) electrons. The summed E-state index contributed by atoms with van der Waals surface area (Å²) < 4.78 is 2.16. The van der Waals surface area contributed by atoms with E-state index in [0.29, 0.717) is 10.7 Å². The number of fused-ring (bicyclic) bond motifs is 1. The first kappa shape index (κ1) is 10.5. The number of para-hydroxylation sites is 1. The van der Waals surface area contributed by atoms with Crippen LogP contribution in [0.5, 0.6) is 0 Å². The molecule has 0 aliphatic carbocycles. The third-order valence-corrected chi connectivity index (χ3v) is 3.44. The molecule has 2 aromatic rings. The minimum atomic E-state index is 0.608. The lowest BCUT2D eigenvalue weighted by atomic mass is 10.2. The summed E-state index contributed by atoms with van der Waals surface area (Å²) in [5.41, 5.74) is 7.65. The van der Waals surface area contributed by atoms with Gasteiger partial charge in [-0.25, -0.2) is 4.98 Å². The minimum Gasteiger partial charge on any atom is -0.396 e. The Kier molecular flexibility index (Phi) is 2.44. The van der Waals surface area contributed by atoms with E-state index >= 15 is 0 Å². The molecule has 0 fully saturated rings. The van der Waals surface area contributed by atoms with Gasteiger partial charge in [-0.1, -0.05) is 17.7 Å². The van der Waals surface area contributed by atoms with Crippen LogP contribution in [0.15, 0.2) is 30.6 Å². The van der Waals surface area contributed by atoms with Gasteiger partial charge >= 0.3 is 0 Å². The van der Waals surface area contributed by atoms with E-state index < -0.39 is 0 Å². The van der Waals surface area contributed by atoms with Crippen LogP contribution in [0.3, 0.4) is 0 Å². The quantitative estimate of drug-likeness (QED) is 0.787. The number of nitrogens with two attached hydrogens (primary N) is 1. The Morgan fingerprint density at radius 3 is 3.06 bits per heavy atom. The number of imidazole rings is 1. The Morgan fingerprint density at radius 1 is 1.29 bits per heavy atom. The zero-order valence-corrected chi connectivity index (χ0v) is 10.1. The summed E-state index contributed by atoms with van der Waals surface area (Å²) in [4.78, 5) is 6.54. The van der Waals surface area contributed by atoms with Crippen molar-refractivity contribution in [1.29, 1.82) is 0 Å². The summed E-state index contributed by atoms with van der Waals surface area (Å²) in [6, 6.07) is 5.74. The predicted molar refractivity (Wildman–Crippen MR) is 69.1 cm³/mol. The smallest absolute Gasteiger partial charge is 0.128 e. The fourth-order valence-electron chi connectivity index (χ4n) is 2.18. The van der Waals surface area contributed by atoms with E-state index in [-0.39, 0.29) is 0 Å². The van der Waals surface area contributed by atoms with Gasteiger partial charge in [-0.15, -0.1) is 0 Å². The number of anilines is 2. The first-order valence-corrected chi connectivity index (χ1v) is 5.92. The molecule has 1 aromatic carbocycles. The van der Waals surface area contributed by atoms with Crippen molar-refractivity contribution in [3.05, 3.63) is 41.4 Å². The normalized spacial score (nSPS) is 14.8. The van der Waals surface area contributed by atoms with E-state index in [0.717, 1.165) is 31.1 Å². The van der Waals surface area contributed by atoms with Gasteiger partial charge in [-0.3, -0.25) is 0 Å². The lowest BCUT2D eigenvalue weighted by molar-refractivity contribution is 0.560. The van der Waals surface area contributed by atoms with Crippen molar-refractivity contribution >= 4 is 23.0 Å². The number of aromatic nitrogens is 2. The maximum atomic E-state index is 6.04. The highest BCUT2D eigenvalue weighted by Crippen LogP contribution is 2.31. The molecule has 0 saturated heterocycles. The molecule has 3 rings (SSSR count). The molecule has 0 spiro atoms. The molecule has 0 bridgehead atoms. The molecular weight excluding hydrogens is 236 g/mol. The Morgan fingerprint density at radius 2 is 2.18 bits per heavy atom. The van der Waals surface area contributed by atoms with Crippen molar-refractivity contribution in [2.45, 2.75) is 13.1 Å². The molecule has 1 aromatic heterocycles. The van der Waals surface area contributed by atoms with Crippen molar-refractivity contribution in [3.8, 4) is 0 Å². The molecule has 0 amide bonds. The zero-order chi connectivity index (χ0) is 11.8. The van der Waals surface area contributed by atoms with Crippen LogP contribution in [-0.4, -0.2) is 16.1 Å². The molecule has 1 aliphatic heterocycles. The average Bonchev–Trinajstić information content (AvgIpc) is 2.79. The molecule has 5 heteroatoms. The first-order valence-electron chi connectivity index (χ1n) is 5.54.